The number of pyridine rings is 1. The number of benzene rings is 1. The number of rotatable bonds is 2. The second-order valence-corrected chi connectivity index (χ2v) is 3.70. The lowest BCUT2D eigenvalue weighted by atomic mass is 10.1. The monoisotopic (exact) mass is 231 g/mol. The van der Waals surface area contributed by atoms with Crippen molar-refractivity contribution in [3.05, 3.63) is 53.5 Å². The van der Waals surface area contributed by atoms with Crippen LogP contribution >= 0.6 is 0 Å². The standard InChI is InChI=1S/C13H10FNO2/c1-8-2-3-9(6-11(8)14)12-7-10(13(16)17)4-5-15-12/h2-7H,1H3,(H,16,17). The van der Waals surface area contributed by atoms with Crippen LogP contribution in [0.25, 0.3) is 11.3 Å². The van der Waals surface area contributed by atoms with Crippen LogP contribution in [0.3, 0.4) is 0 Å². The van der Waals surface area contributed by atoms with Crippen LogP contribution < -0.4 is 0 Å². The van der Waals surface area contributed by atoms with Gasteiger partial charge in [0.15, 0.2) is 0 Å². The summed E-state index contributed by atoms with van der Waals surface area (Å²) in [4.78, 5) is 14.8. The molecule has 3 nitrogen and oxygen atoms in total. The summed E-state index contributed by atoms with van der Waals surface area (Å²) in [5.74, 6) is -1.36. The predicted molar refractivity (Wildman–Crippen MR) is 61.3 cm³/mol. The lowest BCUT2D eigenvalue weighted by Gasteiger charge is -2.03. The summed E-state index contributed by atoms with van der Waals surface area (Å²) in [6.45, 7) is 1.67. The van der Waals surface area contributed by atoms with Crippen LogP contribution in [0.4, 0.5) is 4.39 Å². The van der Waals surface area contributed by atoms with Crippen molar-refractivity contribution in [2.75, 3.05) is 0 Å². The van der Waals surface area contributed by atoms with Gasteiger partial charge < -0.3 is 5.11 Å². The van der Waals surface area contributed by atoms with Gasteiger partial charge in [0.1, 0.15) is 5.82 Å². The molecular formula is C13H10FNO2. The molecule has 4 heteroatoms. The van der Waals surface area contributed by atoms with Crippen LogP contribution in [0, 0.1) is 12.7 Å². The highest BCUT2D eigenvalue weighted by Crippen LogP contribution is 2.20. The van der Waals surface area contributed by atoms with Crippen LogP contribution in [0.2, 0.25) is 0 Å². The van der Waals surface area contributed by atoms with Crippen molar-refractivity contribution in [2.24, 2.45) is 0 Å². The van der Waals surface area contributed by atoms with Crippen LogP contribution in [0.5, 0.6) is 0 Å². The van der Waals surface area contributed by atoms with Gasteiger partial charge in [-0.3, -0.25) is 4.98 Å². The smallest absolute Gasteiger partial charge is 0.335 e. The molecule has 0 aliphatic heterocycles. The zero-order chi connectivity index (χ0) is 12.4. The van der Waals surface area contributed by atoms with Crippen molar-refractivity contribution < 1.29 is 14.3 Å². The quantitative estimate of drug-likeness (QED) is 0.864. The van der Waals surface area contributed by atoms with Gasteiger partial charge >= 0.3 is 5.97 Å². The Hall–Kier alpha value is -2.23. The van der Waals surface area contributed by atoms with E-state index in [0.29, 0.717) is 16.8 Å². The third-order valence-corrected chi connectivity index (χ3v) is 2.47. The Morgan fingerprint density at radius 1 is 1.29 bits per heavy atom. The lowest BCUT2D eigenvalue weighted by molar-refractivity contribution is 0.0697. The first-order valence-electron chi connectivity index (χ1n) is 5.04. The van der Waals surface area contributed by atoms with Gasteiger partial charge in [0, 0.05) is 11.8 Å². The number of carboxylic acid groups (broad SMARTS) is 1. The highest BCUT2D eigenvalue weighted by atomic mass is 19.1. The van der Waals surface area contributed by atoms with Crippen LogP contribution in [0.15, 0.2) is 36.5 Å². The number of nitrogens with zero attached hydrogens (tertiary/aromatic N) is 1. The van der Waals surface area contributed by atoms with Crippen molar-refractivity contribution in [3.8, 4) is 11.3 Å². The fourth-order valence-corrected chi connectivity index (χ4v) is 1.47. The zero-order valence-electron chi connectivity index (χ0n) is 9.14. The summed E-state index contributed by atoms with van der Waals surface area (Å²) in [6.07, 6.45) is 1.40. The van der Waals surface area contributed by atoms with Gasteiger partial charge in [-0.05, 0) is 30.7 Å². The Kier molecular flexibility index (Phi) is 2.87. The van der Waals surface area contributed by atoms with Gasteiger partial charge in [-0.15, -0.1) is 0 Å². The molecule has 0 spiro atoms. The van der Waals surface area contributed by atoms with Crippen LogP contribution in [-0.4, -0.2) is 16.1 Å². The third kappa shape index (κ3) is 2.30. The molecule has 0 atom stereocenters. The molecule has 17 heavy (non-hydrogen) atoms. The summed E-state index contributed by atoms with van der Waals surface area (Å²) < 4.78 is 13.4. The Bertz CT molecular complexity index is 581. The SMILES string of the molecule is Cc1ccc(-c2cc(C(=O)O)ccn2)cc1F. The van der Waals surface area contributed by atoms with E-state index in [1.54, 1.807) is 19.1 Å². The lowest BCUT2D eigenvalue weighted by Crippen LogP contribution is -1.97. The molecule has 2 rings (SSSR count). The number of aryl methyl sites for hydroxylation is 1. The first kappa shape index (κ1) is 11.3. The number of halogens is 1. The molecule has 1 aromatic heterocycles. The van der Waals surface area contributed by atoms with Crippen molar-refractivity contribution >= 4 is 5.97 Å². The molecule has 1 N–H and O–H groups in total. The average Bonchev–Trinajstić information content (AvgIpc) is 2.33. The van der Waals surface area contributed by atoms with Crippen molar-refractivity contribution in [1.82, 2.24) is 4.98 Å². The minimum atomic E-state index is -1.03. The number of hydrogen-bond acceptors (Lipinski definition) is 2. The van der Waals surface area contributed by atoms with Gasteiger partial charge in [0.25, 0.3) is 0 Å². The molecule has 0 radical (unpaired) electrons. The average molecular weight is 231 g/mol. The number of hydrogen-bond donors (Lipinski definition) is 1. The second-order valence-electron chi connectivity index (χ2n) is 3.70. The largest absolute Gasteiger partial charge is 0.478 e. The summed E-state index contributed by atoms with van der Waals surface area (Å²) in [6, 6.07) is 7.53. The molecule has 0 unspecified atom stereocenters. The number of carbonyl (C=O) groups is 1. The number of carboxylic acids is 1. The molecule has 0 aliphatic carbocycles. The van der Waals surface area contributed by atoms with E-state index < -0.39 is 5.97 Å². The second kappa shape index (κ2) is 4.33. The Labute approximate surface area is 97.6 Å². The van der Waals surface area contributed by atoms with Crippen molar-refractivity contribution in [1.29, 1.82) is 0 Å². The first-order valence-corrected chi connectivity index (χ1v) is 5.04. The fourth-order valence-electron chi connectivity index (χ4n) is 1.47. The number of aromatic carboxylic acids is 1. The summed E-state index contributed by atoms with van der Waals surface area (Å²) >= 11 is 0. The summed E-state index contributed by atoms with van der Waals surface area (Å²) in [7, 11) is 0. The Morgan fingerprint density at radius 2 is 2.06 bits per heavy atom. The maximum Gasteiger partial charge on any atom is 0.335 e. The van der Waals surface area contributed by atoms with E-state index in [0.717, 1.165) is 0 Å². The minimum Gasteiger partial charge on any atom is -0.478 e. The van der Waals surface area contributed by atoms with Gasteiger partial charge in [0.2, 0.25) is 0 Å². The van der Waals surface area contributed by atoms with E-state index in [1.165, 1.54) is 24.4 Å². The van der Waals surface area contributed by atoms with Crippen LogP contribution in [-0.2, 0) is 0 Å². The molecule has 0 amide bonds. The minimum absolute atomic E-state index is 0.135. The van der Waals surface area contributed by atoms with E-state index in [2.05, 4.69) is 4.98 Å². The van der Waals surface area contributed by atoms with E-state index in [4.69, 9.17) is 5.11 Å². The van der Waals surface area contributed by atoms with Gasteiger partial charge in [0.05, 0.1) is 11.3 Å². The van der Waals surface area contributed by atoms with E-state index in [-0.39, 0.29) is 11.4 Å². The molecule has 0 fully saturated rings. The third-order valence-electron chi connectivity index (χ3n) is 2.47. The topological polar surface area (TPSA) is 50.2 Å². The molecule has 0 bridgehead atoms. The number of aromatic nitrogens is 1. The molecule has 1 aromatic carbocycles. The summed E-state index contributed by atoms with van der Waals surface area (Å²) in [5, 5.41) is 8.85. The zero-order valence-corrected chi connectivity index (χ0v) is 9.14. The molecule has 86 valence electrons. The van der Waals surface area contributed by atoms with Crippen LogP contribution in [0.1, 0.15) is 15.9 Å². The molecule has 0 saturated heterocycles. The highest BCUT2D eigenvalue weighted by Gasteiger charge is 2.07. The van der Waals surface area contributed by atoms with E-state index in [1.807, 2.05) is 0 Å². The predicted octanol–water partition coefficient (Wildman–Crippen LogP) is 2.89. The fraction of sp³-hybridized carbons (Fsp3) is 0.0769. The van der Waals surface area contributed by atoms with Gasteiger partial charge in [-0.1, -0.05) is 12.1 Å². The van der Waals surface area contributed by atoms with E-state index >= 15 is 0 Å². The normalized spacial score (nSPS) is 10.2. The Morgan fingerprint density at radius 3 is 2.71 bits per heavy atom. The van der Waals surface area contributed by atoms with Crippen molar-refractivity contribution in [3.63, 3.8) is 0 Å². The maximum atomic E-state index is 13.4. The maximum absolute atomic E-state index is 13.4. The Balaban J connectivity index is 2.49. The van der Waals surface area contributed by atoms with Gasteiger partial charge in [-0.2, -0.15) is 0 Å². The van der Waals surface area contributed by atoms with Crippen molar-refractivity contribution in [2.45, 2.75) is 6.92 Å². The molecule has 0 aliphatic rings. The highest BCUT2D eigenvalue weighted by molar-refractivity contribution is 5.88. The molecule has 0 saturated carbocycles. The molecular weight excluding hydrogens is 221 g/mol. The molecule has 2 aromatic rings. The summed E-state index contributed by atoms with van der Waals surface area (Å²) in [5.41, 5.74) is 1.69. The molecule has 1 heterocycles. The first-order chi connectivity index (χ1) is 8.08. The van der Waals surface area contributed by atoms with Gasteiger partial charge in [-0.25, -0.2) is 9.18 Å². The van der Waals surface area contributed by atoms with E-state index in [9.17, 15) is 9.18 Å².